The van der Waals surface area contributed by atoms with Crippen LogP contribution in [0.25, 0.3) is 0 Å². The number of halogens is 2. The summed E-state index contributed by atoms with van der Waals surface area (Å²) in [6, 6.07) is 14.6. The molecule has 3 nitrogen and oxygen atoms in total. The van der Waals surface area contributed by atoms with Crippen molar-refractivity contribution < 1.29 is 5.11 Å². The lowest BCUT2D eigenvalue weighted by Crippen LogP contribution is -2.13. The summed E-state index contributed by atoms with van der Waals surface area (Å²) in [5.74, 6) is 0. The number of rotatable bonds is 4. The highest BCUT2D eigenvalue weighted by atomic mass is 79.9. The van der Waals surface area contributed by atoms with Crippen LogP contribution in [0, 0.1) is 11.3 Å². The van der Waals surface area contributed by atoms with E-state index >= 15 is 0 Å². The van der Waals surface area contributed by atoms with Crippen LogP contribution in [0.2, 0.25) is 5.02 Å². The molecule has 2 rings (SSSR count). The summed E-state index contributed by atoms with van der Waals surface area (Å²) in [5, 5.41) is 22.8. The Hall–Kier alpha value is -1.54. The van der Waals surface area contributed by atoms with Gasteiger partial charge in [0, 0.05) is 21.6 Å². The van der Waals surface area contributed by atoms with Gasteiger partial charge in [0.05, 0.1) is 17.4 Å². The molecule has 2 N–H and O–H groups in total. The van der Waals surface area contributed by atoms with Crippen molar-refractivity contribution >= 4 is 33.2 Å². The second kappa shape index (κ2) is 6.76. The monoisotopic (exact) mass is 350 g/mol. The summed E-state index contributed by atoms with van der Waals surface area (Å²) in [7, 11) is 0. The SMILES string of the molecule is N#Cc1cc(Br)ccc1NCC(O)c1ccccc1Cl. The molecule has 20 heavy (non-hydrogen) atoms. The van der Waals surface area contributed by atoms with E-state index in [4.69, 9.17) is 16.9 Å². The van der Waals surface area contributed by atoms with Crippen molar-refractivity contribution in [2.45, 2.75) is 6.10 Å². The van der Waals surface area contributed by atoms with Crippen LogP contribution < -0.4 is 5.32 Å². The van der Waals surface area contributed by atoms with Gasteiger partial charge in [-0.05, 0) is 24.3 Å². The lowest BCUT2D eigenvalue weighted by molar-refractivity contribution is 0.192. The molecule has 0 aliphatic heterocycles. The number of hydrogen-bond acceptors (Lipinski definition) is 3. The molecule has 0 aromatic heterocycles. The maximum atomic E-state index is 10.1. The Kier molecular flexibility index (Phi) is 5.02. The fraction of sp³-hybridized carbons (Fsp3) is 0.133. The van der Waals surface area contributed by atoms with Gasteiger partial charge in [-0.2, -0.15) is 5.26 Å². The molecule has 0 aliphatic rings. The van der Waals surface area contributed by atoms with Crippen molar-refractivity contribution in [3.05, 3.63) is 63.1 Å². The molecule has 0 heterocycles. The summed E-state index contributed by atoms with van der Waals surface area (Å²) in [6.45, 7) is 0.278. The summed E-state index contributed by atoms with van der Waals surface area (Å²) in [6.07, 6.45) is -0.737. The first-order valence-electron chi connectivity index (χ1n) is 5.98. The van der Waals surface area contributed by atoms with Crippen LogP contribution in [-0.4, -0.2) is 11.7 Å². The molecule has 0 saturated heterocycles. The Bertz CT molecular complexity index is 655. The van der Waals surface area contributed by atoms with Crippen LogP contribution >= 0.6 is 27.5 Å². The maximum Gasteiger partial charge on any atom is 0.101 e. The van der Waals surface area contributed by atoms with Gasteiger partial charge in [0.15, 0.2) is 0 Å². The summed E-state index contributed by atoms with van der Waals surface area (Å²) in [4.78, 5) is 0. The third-order valence-electron chi connectivity index (χ3n) is 2.85. The van der Waals surface area contributed by atoms with Gasteiger partial charge < -0.3 is 10.4 Å². The lowest BCUT2D eigenvalue weighted by atomic mass is 10.1. The van der Waals surface area contributed by atoms with Crippen LogP contribution in [-0.2, 0) is 0 Å². The Balaban J connectivity index is 2.10. The third kappa shape index (κ3) is 3.51. The zero-order valence-electron chi connectivity index (χ0n) is 10.5. The zero-order chi connectivity index (χ0) is 14.5. The van der Waals surface area contributed by atoms with Crippen molar-refractivity contribution in [3.63, 3.8) is 0 Å². The quantitative estimate of drug-likeness (QED) is 0.871. The molecular formula is C15H12BrClN2O. The fourth-order valence-electron chi connectivity index (χ4n) is 1.83. The first-order valence-corrected chi connectivity index (χ1v) is 7.15. The van der Waals surface area contributed by atoms with Gasteiger partial charge in [0.2, 0.25) is 0 Å². The molecule has 0 fully saturated rings. The van der Waals surface area contributed by atoms with E-state index in [9.17, 15) is 5.11 Å². The first kappa shape index (κ1) is 14.9. The smallest absolute Gasteiger partial charge is 0.101 e. The van der Waals surface area contributed by atoms with E-state index in [0.717, 1.165) is 4.47 Å². The van der Waals surface area contributed by atoms with Crippen LogP contribution in [0.5, 0.6) is 0 Å². The summed E-state index contributed by atoms with van der Waals surface area (Å²) in [5.41, 5.74) is 1.87. The molecule has 102 valence electrons. The van der Waals surface area contributed by atoms with E-state index in [1.807, 2.05) is 18.2 Å². The van der Waals surface area contributed by atoms with E-state index < -0.39 is 6.10 Å². The molecule has 0 bridgehead atoms. The first-order chi connectivity index (χ1) is 9.61. The second-order valence-electron chi connectivity index (χ2n) is 4.22. The zero-order valence-corrected chi connectivity index (χ0v) is 12.8. The highest BCUT2D eigenvalue weighted by Crippen LogP contribution is 2.24. The molecular weight excluding hydrogens is 340 g/mol. The van der Waals surface area contributed by atoms with Gasteiger partial charge in [0.25, 0.3) is 0 Å². The molecule has 0 amide bonds. The molecule has 0 radical (unpaired) electrons. The number of hydrogen-bond donors (Lipinski definition) is 2. The van der Waals surface area contributed by atoms with Crippen molar-refractivity contribution in [1.29, 1.82) is 5.26 Å². The van der Waals surface area contributed by atoms with Gasteiger partial charge in [-0.3, -0.25) is 0 Å². The predicted molar refractivity (Wildman–Crippen MR) is 83.8 cm³/mol. The fourth-order valence-corrected chi connectivity index (χ4v) is 2.45. The lowest BCUT2D eigenvalue weighted by Gasteiger charge is -2.15. The van der Waals surface area contributed by atoms with Gasteiger partial charge in [-0.1, -0.05) is 45.7 Å². The van der Waals surface area contributed by atoms with Crippen molar-refractivity contribution in [2.75, 3.05) is 11.9 Å². The predicted octanol–water partition coefficient (Wildman–Crippen LogP) is 4.12. The van der Waals surface area contributed by atoms with Crippen LogP contribution in [0.4, 0.5) is 5.69 Å². The number of benzene rings is 2. The number of aliphatic hydroxyl groups excluding tert-OH is 1. The average molecular weight is 352 g/mol. The van der Waals surface area contributed by atoms with Crippen molar-refractivity contribution in [3.8, 4) is 6.07 Å². The topological polar surface area (TPSA) is 56.0 Å². The Morgan fingerprint density at radius 1 is 1.30 bits per heavy atom. The Morgan fingerprint density at radius 3 is 2.75 bits per heavy atom. The molecule has 0 saturated carbocycles. The standard InChI is InChI=1S/C15H12BrClN2O/c16-11-5-6-14(10(7-11)8-18)19-9-15(20)12-3-1-2-4-13(12)17/h1-7,15,19-20H,9H2. The number of nitrogens with one attached hydrogen (secondary N) is 1. The van der Waals surface area contributed by atoms with Crippen molar-refractivity contribution in [1.82, 2.24) is 0 Å². The average Bonchev–Trinajstić information content (AvgIpc) is 2.46. The molecule has 0 spiro atoms. The largest absolute Gasteiger partial charge is 0.387 e. The van der Waals surface area contributed by atoms with E-state index in [1.165, 1.54) is 0 Å². The molecule has 1 atom stereocenters. The number of aliphatic hydroxyl groups is 1. The molecule has 2 aromatic rings. The van der Waals surface area contributed by atoms with E-state index in [-0.39, 0.29) is 6.54 Å². The van der Waals surface area contributed by atoms with E-state index in [0.29, 0.717) is 21.8 Å². The summed E-state index contributed by atoms with van der Waals surface area (Å²) >= 11 is 9.35. The minimum Gasteiger partial charge on any atom is -0.387 e. The van der Waals surface area contributed by atoms with Crippen LogP contribution in [0.15, 0.2) is 46.9 Å². The Labute approximate surface area is 130 Å². The maximum absolute atomic E-state index is 10.1. The van der Waals surface area contributed by atoms with Crippen LogP contribution in [0.1, 0.15) is 17.2 Å². The normalized spacial score (nSPS) is 11.7. The van der Waals surface area contributed by atoms with Crippen LogP contribution in [0.3, 0.4) is 0 Å². The molecule has 0 aliphatic carbocycles. The molecule has 2 aromatic carbocycles. The van der Waals surface area contributed by atoms with Crippen molar-refractivity contribution in [2.24, 2.45) is 0 Å². The minimum atomic E-state index is -0.737. The Morgan fingerprint density at radius 2 is 2.05 bits per heavy atom. The highest BCUT2D eigenvalue weighted by molar-refractivity contribution is 9.10. The number of nitriles is 1. The number of anilines is 1. The van der Waals surface area contributed by atoms with Gasteiger partial charge in [-0.15, -0.1) is 0 Å². The van der Waals surface area contributed by atoms with E-state index in [2.05, 4.69) is 27.3 Å². The second-order valence-corrected chi connectivity index (χ2v) is 5.54. The van der Waals surface area contributed by atoms with Gasteiger partial charge in [0.1, 0.15) is 6.07 Å². The van der Waals surface area contributed by atoms with E-state index in [1.54, 1.807) is 24.3 Å². The number of nitrogens with zero attached hydrogens (tertiary/aromatic N) is 1. The summed E-state index contributed by atoms with van der Waals surface area (Å²) < 4.78 is 0.839. The highest BCUT2D eigenvalue weighted by Gasteiger charge is 2.11. The van der Waals surface area contributed by atoms with Gasteiger partial charge in [-0.25, -0.2) is 0 Å². The minimum absolute atomic E-state index is 0.278. The third-order valence-corrected chi connectivity index (χ3v) is 3.69. The molecule has 5 heteroatoms. The van der Waals surface area contributed by atoms with Gasteiger partial charge >= 0.3 is 0 Å². The molecule has 1 unspecified atom stereocenters.